The van der Waals surface area contributed by atoms with Crippen molar-refractivity contribution in [2.75, 3.05) is 0 Å². The quantitative estimate of drug-likeness (QED) is 0.620. The lowest BCUT2D eigenvalue weighted by molar-refractivity contribution is -0.123. The molecule has 0 saturated carbocycles. The molecule has 1 heterocycles. The molecule has 1 aromatic rings. The molecule has 0 spiro atoms. The van der Waals surface area contributed by atoms with Gasteiger partial charge in [0.15, 0.2) is 17.3 Å². The number of ketones is 2. The lowest BCUT2D eigenvalue weighted by atomic mass is 9.65. The topological polar surface area (TPSA) is 43.4 Å². The predicted octanol–water partition coefficient (Wildman–Crippen LogP) is 5.74. The fraction of sp³-hybridized carbons (Fsp3) is 0.478. The molecule has 0 radical (unpaired) electrons. The van der Waals surface area contributed by atoms with Gasteiger partial charge >= 0.3 is 0 Å². The van der Waals surface area contributed by atoms with Gasteiger partial charge in [-0.05, 0) is 34.5 Å². The van der Waals surface area contributed by atoms with E-state index in [-0.39, 0.29) is 28.3 Å². The van der Waals surface area contributed by atoms with Gasteiger partial charge in [0.1, 0.15) is 5.76 Å². The van der Waals surface area contributed by atoms with Crippen LogP contribution in [0.1, 0.15) is 64.9 Å². The molecule has 0 N–H and O–H groups in total. The Morgan fingerprint density at radius 2 is 1.56 bits per heavy atom. The fourth-order valence-corrected chi connectivity index (χ4v) is 4.99. The second-order valence-corrected chi connectivity index (χ2v) is 10.0. The highest BCUT2D eigenvalue weighted by Gasteiger charge is 2.47. The standard InChI is InChI=1S/C23H25ClO3/c1-22(2)9-14-19(13-7-5-6-8-15(13)24)20-16(25)10-23(3,4)12-18(20)27-21(14)17(26)11-22/h5-8,19H,9-12H2,1-4H3/t19-/m1/s1. The maximum atomic E-state index is 13.2. The Kier molecular flexibility index (Phi) is 4.15. The first-order chi connectivity index (χ1) is 12.6. The molecular formula is C23H25ClO3. The van der Waals surface area contributed by atoms with Gasteiger partial charge in [-0.1, -0.05) is 57.5 Å². The van der Waals surface area contributed by atoms with Crippen LogP contribution in [0.25, 0.3) is 0 Å². The Morgan fingerprint density at radius 3 is 2.26 bits per heavy atom. The third-order valence-corrected chi connectivity index (χ3v) is 6.15. The summed E-state index contributed by atoms with van der Waals surface area (Å²) in [5, 5.41) is 0.622. The van der Waals surface area contributed by atoms with Crippen LogP contribution in [0, 0.1) is 10.8 Å². The van der Waals surface area contributed by atoms with Gasteiger partial charge in [0.05, 0.1) is 0 Å². The van der Waals surface area contributed by atoms with Crippen LogP contribution in [0.15, 0.2) is 46.9 Å². The molecule has 1 aromatic carbocycles. The number of halogens is 1. The van der Waals surface area contributed by atoms with Gasteiger partial charge in [-0.2, -0.15) is 0 Å². The number of rotatable bonds is 1. The van der Waals surface area contributed by atoms with E-state index < -0.39 is 0 Å². The number of carbonyl (C=O) groups excluding carboxylic acids is 2. The summed E-state index contributed by atoms with van der Waals surface area (Å²) in [6, 6.07) is 7.63. The Balaban J connectivity index is 1.94. The van der Waals surface area contributed by atoms with E-state index in [1.165, 1.54) is 0 Å². The molecule has 0 unspecified atom stereocenters. The third kappa shape index (κ3) is 3.16. The lowest BCUT2D eigenvalue weighted by Crippen LogP contribution is -2.37. The van der Waals surface area contributed by atoms with Crippen LogP contribution in [-0.2, 0) is 14.3 Å². The number of ether oxygens (including phenoxy) is 1. The molecule has 0 amide bonds. The Labute approximate surface area is 165 Å². The summed E-state index contributed by atoms with van der Waals surface area (Å²) < 4.78 is 6.14. The number of benzene rings is 1. The smallest absolute Gasteiger partial charge is 0.198 e. The van der Waals surface area contributed by atoms with E-state index in [4.69, 9.17) is 16.3 Å². The molecule has 0 bridgehead atoms. The van der Waals surface area contributed by atoms with Crippen LogP contribution in [0.5, 0.6) is 0 Å². The van der Waals surface area contributed by atoms with Crippen LogP contribution in [-0.4, -0.2) is 11.6 Å². The molecule has 142 valence electrons. The Morgan fingerprint density at radius 1 is 0.926 bits per heavy atom. The first kappa shape index (κ1) is 18.5. The SMILES string of the molecule is CC1(C)CC(=O)C2=C(C1)OC1=C(CC(C)(C)CC1=O)[C@H]2c1ccccc1Cl. The fourth-order valence-electron chi connectivity index (χ4n) is 4.75. The summed E-state index contributed by atoms with van der Waals surface area (Å²) in [5.74, 6) is 0.954. The normalized spacial score (nSPS) is 26.5. The number of allylic oxidation sites excluding steroid dienone is 4. The molecule has 1 atom stereocenters. The summed E-state index contributed by atoms with van der Waals surface area (Å²) in [6.07, 6.45) is 2.32. The van der Waals surface area contributed by atoms with Crippen LogP contribution in [0.3, 0.4) is 0 Å². The second kappa shape index (κ2) is 6.07. The zero-order valence-electron chi connectivity index (χ0n) is 16.3. The van der Waals surface area contributed by atoms with Crippen molar-refractivity contribution in [2.24, 2.45) is 10.8 Å². The van der Waals surface area contributed by atoms with Crippen molar-refractivity contribution < 1.29 is 14.3 Å². The third-order valence-electron chi connectivity index (χ3n) is 5.81. The van der Waals surface area contributed by atoms with Gasteiger partial charge in [-0.3, -0.25) is 9.59 Å². The van der Waals surface area contributed by atoms with Gasteiger partial charge < -0.3 is 4.74 Å². The van der Waals surface area contributed by atoms with Gasteiger partial charge in [-0.25, -0.2) is 0 Å². The van der Waals surface area contributed by atoms with Crippen molar-refractivity contribution in [3.63, 3.8) is 0 Å². The van der Waals surface area contributed by atoms with Crippen molar-refractivity contribution in [2.45, 2.75) is 59.3 Å². The van der Waals surface area contributed by atoms with Crippen molar-refractivity contribution in [3.8, 4) is 0 Å². The average Bonchev–Trinajstić information content (AvgIpc) is 2.53. The van der Waals surface area contributed by atoms with E-state index in [9.17, 15) is 9.59 Å². The number of Topliss-reactive ketones (excluding diaryl/α,β-unsaturated/α-hetero) is 2. The maximum Gasteiger partial charge on any atom is 0.198 e. The minimum atomic E-state index is -0.287. The van der Waals surface area contributed by atoms with E-state index in [0.29, 0.717) is 41.4 Å². The summed E-state index contributed by atoms with van der Waals surface area (Å²) in [7, 11) is 0. The molecular weight excluding hydrogens is 360 g/mol. The van der Waals surface area contributed by atoms with E-state index in [1.54, 1.807) is 0 Å². The summed E-state index contributed by atoms with van der Waals surface area (Å²) in [4.78, 5) is 26.1. The predicted molar refractivity (Wildman–Crippen MR) is 105 cm³/mol. The first-order valence-electron chi connectivity index (χ1n) is 9.53. The molecule has 4 rings (SSSR count). The minimum Gasteiger partial charge on any atom is -0.458 e. The number of carbonyl (C=O) groups is 2. The Bertz CT molecular complexity index is 917. The molecule has 0 aromatic heterocycles. The molecule has 0 fully saturated rings. The van der Waals surface area contributed by atoms with Crippen LogP contribution in [0.2, 0.25) is 5.02 Å². The highest BCUT2D eigenvalue weighted by atomic mass is 35.5. The first-order valence-corrected chi connectivity index (χ1v) is 9.91. The van der Waals surface area contributed by atoms with Gasteiger partial charge in [0.25, 0.3) is 0 Å². The minimum absolute atomic E-state index is 0.0284. The lowest BCUT2D eigenvalue weighted by Gasteiger charge is -2.43. The van der Waals surface area contributed by atoms with Crippen LogP contribution < -0.4 is 0 Å². The number of hydrogen-bond acceptors (Lipinski definition) is 3. The van der Waals surface area contributed by atoms with Gasteiger partial charge in [0.2, 0.25) is 0 Å². The summed E-state index contributed by atoms with van der Waals surface area (Å²) in [5.41, 5.74) is 2.17. The van der Waals surface area contributed by atoms with Gasteiger partial charge in [0, 0.05) is 35.8 Å². The molecule has 4 heteroatoms. The Hall–Kier alpha value is -1.87. The molecule has 2 aliphatic carbocycles. The summed E-state index contributed by atoms with van der Waals surface area (Å²) >= 11 is 6.55. The zero-order valence-corrected chi connectivity index (χ0v) is 17.1. The second-order valence-electron chi connectivity index (χ2n) is 9.63. The van der Waals surface area contributed by atoms with E-state index in [0.717, 1.165) is 17.6 Å². The molecule has 0 saturated heterocycles. The van der Waals surface area contributed by atoms with Crippen LogP contribution >= 0.6 is 11.6 Å². The highest BCUT2D eigenvalue weighted by Crippen LogP contribution is 2.54. The zero-order chi connectivity index (χ0) is 19.6. The molecule has 1 aliphatic heterocycles. The van der Waals surface area contributed by atoms with E-state index >= 15 is 0 Å². The average molecular weight is 385 g/mol. The number of hydrogen-bond donors (Lipinski definition) is 0. The monoisotopic (exact) mass is 384 g/mol. The van der Waals surface area contributed by atoms with Crippen molar-refractivity contribution in [3.05, 3.63) is 57.5 Å². The highest BCUT2D eigenvalue weighted by molar-refractivity contribution is 6.31. The summed E-state index contributed by atoms with van der Waals surface area (Å²) in [6.45, 7) is 8.32. The van der Waals surface area contributed by atoms with E-state index in [1.807, 2.05) is 24.3 Å². The van der Waals surface area contributed by atoms with Crippen molar-refractivity contribution in [1.82, 2.24) is 0 Å². The van der Waals surface area contributed by atoms with Crippen molar-refractivity contribution >= 4 is 23.2 Å². The largest absolute Gasteiger partial charge is 0.458 e. The van der Waals surface area contributed by atoms with Gasteiger partial charge in [-0.15, -0.1) is 0 Å². The van der Waals surface area contributed by atoms with E-state index in [2.05, 4.69) is 27.7 Å². The van der Waals surface area contributed by atoms with Crippen molar-refractivity contribution in [1.29, 1.82) is 0 Å². The molecule has 3 aliphatic rings. The van der Waals surface area contributed by atoms with Crippen LogP contribution in [0.4, 0.5) is 0 Å². The molecule has 3 nitrogen and oxygen atoms in total. The maximum absolute atomic E-state index is 13.2. The molecule has 27 heavy (non-hydrogen) atoms.